The Balaban J connectivity index is 2.09. The van der Waals surface area contributed by atoms with E-state index in [2.05, 4.69) is 19.2 Å². The van der Waals surface area contributed by atoms with Gasteiger partial charge in [0.2, 0.25) is 11.8 Å². The van der Waals surface area contributed by atoms with E-state index in [4.69, 9.17) is 0 Å². The number of carbonyl (C=O) groups is 2. The maximum absolute atomic E-state index is 12.3. The number of aryl methyl sites for hydroxylation is 1. The third-order valence-electron chi connectivity index (χ3n) is 4.21. The maximum Gasteiger partial charge on any atom is 0.226 e. The highest BCUT2D eigenvalue weighted by Crippen LogP contribution is 2.27. The number of carbonyl (C=O) groups excluding carboxylic acids is 2. The van der Waals surface area contributed by atoms with Gasteiger partial charge in [0, 0.05) is 31.3 Å². The minimum atomic E-state index is -0.0948. The van der Waals surface area contributed by atoms with Gasteiger partial charge < -0.3 is 10.2 Å². The molecule has 0 aliphatic rings. The minimum absolute atomic E-state index is 0.0585. The summed E-state index contributed by atoms with van der Waals surface area (Å²) in [4.78, 5) is 26.1. The third kappa shape index (κ3) is 4.92. The first-order chi connectivity index (χ1) is 11.9. The Bertz CT molecular complexity index is 753. The molecule has 0 radical (unpaired) electrons. The Labute approximate surface area is 149 Å². The van der Waals surface area contributed by atoms with E-state index >= 15 is 0 Å². The highest BCUT2D eigenvalue weighted by molar-refractivity contribution is 5.95. The molecule has 2 amide bonds. The van der Waals surface area contributed by atoms with Crippen LogP contribution in [0.25, 0.3) is 0 Å². The number of benzene rings is 2. The van der Waals surface area contributed by atoms with Crippen LogP contribution in [0.3, 0.4) is 0 Å². The number of amides is 2. The molecule has 132 valence electrons. The summed E-state index contributed by atoms with van der Waals surface area (Å²) in [6, 6.07) is 15.5. The van der Waals surface area contributed by atoms with Gasteiger partial charge in [0.1, 0.15) is 0 Å². The Morgan fingerprint density at radius 3 is 2.32 bits per heavy atom. The van der Waals surface area contributed by atoms with Crippen molar-refractivity contribution in [3.8, 4) is 0 Å². The lowest BCUT2D eigenvalue weighted by Crippen LogP contribution is -2.32. The molecule has 0 unspecified atom stereocenters. The van der Waals surface area contributed by atoms with Crippen molar-refractivity contribution in [1.29, 1.82) is 0 Å². The molecular formula is C21H26N2O2. The summed E-state index contributed by atoms with van der Waals surface area (Å²) >= 11 is 0. The summed E-state index contributed by atoms with van der Waals surface area (Å²) in [5, 5.41) is 2.92. The van der Waals surface area contributed by atoms with E-state index in [1.54, 1.807) is 4.90 Å². The third-order valence-corrected chi connectivity index (χ3v) is 4.21. The standard InChI is InChI=1S/C21H26N2O2/c1-15(2)18-10-6-8-12-20(18)23(17(4)24)14-13-21(25)22-19-11-7-5-9-16(19)3/h5-12,15H,13-14H2,1-4H3,(H,22,25). The molecule has 0 bridgehead atoms. The average molecular weight is 338 g/mol. The number of para-hydroxylation sites is 2. The summed E-state index contributed by atoms with van der Waals surface area (Å²) in [7, 11) is 0. The Morgan fingerprint density at radius 1 is 1.04 bits per heavy atom. The first kappa shape index (κ1) is 18.7. The first-order valence-corrected chi connectivity index (χ1v) is 8.62. The van der Waals surface area contributed by atoms with Crippen LogP contribution in [0.2, 0.25) is 0 Å². The van der Waals surface area contributed by atoms with E-state index in [1.807, 2.05) is 55.5 Å². The molecule has 4 heteroatoms. The van der Waals surface area contributed by atoms with Gasteiger partial charge in [-0.3, -0.25) is 9.59 Å². The van der Waals surface area contributed by atoms with E-state index < -0.39 is 0 Å². The number of anilines is 2. The fourth-order valence-corrected chi connectivity index (χ4v) is 2.81. The smallest absolute Gasteiger partial charge is 0.226 e. The lowest BCUT2D eigenvalue weighted by Gasteiger charge is -2.25. The monoisotopic (exact) mass is 338 g/mol. The molecule has 0 saturated heterocycles. The van der Waals surface area contributed by atoms with Crippen molar-refractivity contribution in [3.63, 3.8) is 0 Å². The Hall–Kier alpha value is -2.62. The molecule has 2 aromatic rings. The highest BCUT2D eigenvalue weighted by Gasteiger charge is 2.18. The molecule has 0 saturated carbocycles. The molecule has 1 N–H and O–H groups in total. The molecule has 0 fully saturated rings. The summed E-state index contributed by atoms with van der Waals surface area (Å²) in [6.45, 7) is 8.05. The normalized spacial score (nSPS) is 10.6. The van der Waals surface area contributed by atoms with Crippen LogP contribution in [-0.2, 0) is 9.59 Å². The molecule has 0 aliphatic carbocycles. The number of nitrogens with one attached hydrogen (secondary N) is 1. The van der Waals surface area contributed by atoms with Crippen LogP contribution in [-0.4, -0.2) is 18.4 Å². The Kier molecular flexibility index (Phi) is 6.34. The van der Waals surface area contributed by atoms with Crippen molar-refractivity contribution in [2.24, 2.45) is 0 Å². The van der Waals surface area contributed by atoms with Crippen LogP contribution >= 0.6 is 0 Å². The van der Waals surface area contributed by atoms with Crippen molar-refractivity contribution in [3.05, 3.63) is 59.7 Å². The predicted octanol–water partition coefficient (Wildman–Crippen LogP) is 4.50. The van der Waals surface area contributed by atoms with Crippen molar-refractivity contribution in [2.75, 3.05) is 16.8 Å². The van der Waals surface area contributed by atoms with Gasteiger partial charge in [0.15, 0.2) is 0 Å². The Morgan fingerprint density at radius 2 is 1.68 bits per heavy atom. The predicted molar refractivity (Wildman–Crippen MR) is 103 cm³/mol. The molecule has 2 aromatic carbocycles. The molecule has 0 atom stereocenters. The van der Waals surface area contributed by atoms with Gasteiger partial charge in [-0.2, -0.15) is 0 Å². The molecule has 0 aliphatic heterocycles. The number of hydrogen-bond donors (Lipinski definition) is 1. The van der Waals surface area contributed by atoms with Crippen LogP contribution in [0.5, 0.6) is 0 Å². The topological polar surface area (TPSA) is 49.4 Å². The van der Waals surface area contributed by atoms with Crippen molar-refractivity contribution >= 4 is 23.2 Å². The summed E-state index contributed by atoms with van der Waals surface area (Å²) < 4.78 is 0. The molecule has 0 aromatic heterocycles. The van der Waals surface area contributed by atoms with E-state index in [0.29, 0.717) is 12.5 Å². The number of rotatable bonds is 6. The summed E-state index contributed by atoms with van der Waals surface area (Å²) in [5.74, 6) is 0.151. The zero-order valence-electron chi connectivity index (χ0n) is 15.4. The van der Waals surface area contributed by atoms with Gasteiger partial charge in [0.25, 0.3) is 0 Å². The second kappa shape index (κ2) is 8.47. The molecule has 4 nitrogen and oxygen atoms in total. The fourth-order valence-electron chi connectivity index (χ4n) is 2.81. The maximum atomic E-state index is 12.3. The largest absolute Gasteiger partial charge is 0.326 e. The lowest BCUT2D eigenvalue weighted by molar-refractivity contribution is -0.117. The molecule has 0 heterocycles. The number of hydrogen-bond acceptors (Lipinski definition) is 2. The number of nitrogens with zero attached hydrogens (tertiary/aromatic N) is 1. The van der Waals surface area contributed by atoms with Gasteiger partial charge in [0.05, 0.1) is 0 Å². The van der Waals surface area contributed by atoms with Crippen molar-refractivity contribution in [1.82, 2.24) is 0 Å². The lowest BCUT2D eigenvalue weighted by atomic mass is 10.0. The van der Waals surface area contributed by atoms with Crippen LogP contribution in [0, 0.1) is 6.92 Å². The second-order valence-electron chi connectivity index (χ2n) is 6.50. The van der Waals surface area contributed by atoms with Crippen molar-refractivity contribution in [2.45, 2.75) is 40.0 Å². The van der Waals surface area contributed by atoms with Crippen LogP contribution in [0.4, 0.5) is 11.4 Å². The summed E-state index contributed by atoms with van der Waals surface area (Å²) in [5.41, 5.74) is 3.82. The van der Waals surface area contributed by atoms with Gasteiger partial charge in [-0.15, -0.1) is 0 Å². The highest BCUT2D eigenvalue weighted by atomic mass is 16.2. The zero-order chi connectivity index (χ0) is 18.4. The average Bonchev–Trinajstić information content (AvgIpc) is 2.57. The van der Waals surface area contributed by atoms with Crippen molar-refractivity contribution < 1.29 is 9.59 Å². The molecule has 2 rings (SSSR count). The SMILES string of the molecule is CC(=O)N(CCC(=O)Nc1ccccc1C)c1ccccc1C(C)C. The first-order valence-electron chi connectivity index (χ1n) is 8.62. The van der Waals surface area contributed by atoms with E-state index in [0.717, 1.165) is 22.5 Å². The van der Waals surface area contributed by atoms with Crippen LogP contribution in [0.15, 0.2) is 48.5 Å². The molecular weight excluding hydrogens is 312 g/mol. The quantitative estimate of drug-likeness (QED) is 0.843. The minimum Gasteiger partial charge on any atom is -0.326 e. The zero-order valence-corrected chi connectivity index (χ0v) is 15.4. The van der Waals surface area contributed by atoms with Gasteiger partial charge in [-0.05, 0) is 36.1 Å². The molecule has 0 spiro atoms. The van der Waals surface area contributed by atoms with Gasteiger partial charge in [-0.25, -0.2) is 0 Å². The van der Waals surface area contributed by atoms with E-state index in [-0.39, 0.29) is 18.2 Å². The fraction of sp³-hybridized carbons (Fsp3) is 0.333. The van der Waals surface area contributed by atoms with Crippen LogP contribution < -0.4 is 10.2 Å². The van der Waals surface area contributed by atoms with E-state index in [9.17, 15) is 9.59 Å². The molecule has 25 heavy (non-hydrogen) atoms. The van der Waals surface area contributed by atoms with Crippen LogP contribution in [0.1, 0.15) is 44.2 Å². The second-order valence-corrected chi connectivity index (χ2v) is 6.50. The van der Waals surface area contributed by atoms with E-state index in [1.165, 1.54) is 6.92 Å². The van der Waals surface area contributed by atoms with Gasteiger partial charge in [-0.1, -0.05) is 50.2 Å². The summed E-state index contributed by atoms with van der Waals surface area (Å²) in [6.07, 6.45) is 0.250. The van der Waals surface area contributed by atoms with Gasteiger partial charge >= 0.3 is 0 Å².